The molecule has 98 valence electrons. The number of hydrogen-bond donors (Lipinski definition) is 1. The molecule has 1 aromatic carbocycles. The van der Waals surface area contributed by atoms with Gasteiger partial charge in [-0.3, -0.25) is 4.79 Å². The first-order chi connectivity index (χ1) is 8.58. The predicted octanol–water partition coefficient (Wildman–Crippen LogP) is 3.54. The number of nitrogens with one attached hydrogen (secondary N) is 1. The van der Waals surface area contributed by atoms with E-state index in [1.54, 1.807) is 25.1 Å². The van der Waals surface area contributed by atoms with Crippen LogP contribution in [0.3, 0.4) is 0 Å². The quantitative estimate of drug-likeness (QED) is 0.916. The fourth-order valence-corrected chi connectivity index (χ4v) is 2.21. The fourth-order valence-electron chi connectivity index (χ4n) is 1.69. The Balaban J connectivity index is 1.95. The molecule has 1 aromatic rings. The fraction of sp³-hybridized carbons (Fsp3) is 0.462. The molecule has 1 unspecified atom stereocenters. The molecule has 1 aliphatic rings. The lowest BCUT2D eigenvalue weighted by atomic mass is 9.93. The van der Waals surface area contributed by atoms with Gasteiger partial charge < -0.3 is 10.1 Å². The Morgan fingerprint density at radius 1 is 1.56 bits per heavy atom. The zero-order chi connectivity index (χ0) is 13.1. The van der Waals surface area contributed by atoms with E-state index < -0.39 is 6.10 Å². The van der Waals surface area contributed by atoms with Crippen molar-refractivity contribution in [3.8, 4) is 5.75 Å². The van der Waals surface area contributed by atoms with Gasteiger partial charge in [-0.1, -0.05) is 17.7 Å². The van der Waals surface area contributed by atoms with E-state index in [9.17, 15) is 4.79 Å². The number of amides is 1. The Kier molecular flexibility index (Phi) is 4.51. The monoisotopic (exact) mass is 331 g/mol. The van der Waals surface area contributed by atoms with E-state index in [-0.39, 0.29) is 5.91 Å². The SMILES string of the molecule is CC(Oc1cccc(Cl)c1Br)C(=O)NC1CCC1. The van der Waals surface area contributed by atoms with Gasteiger partial charge in [-0.15, -0.1) is 0 Å². The number of hydrogen-bond acceptors (Lipinski definition) is 2. The van der Waals surface area contributed by atoms with Crippen LogP contribution in [0.1, 0.15) is 26.2 Å². The molecule has 0 aliphatic heterocycles. The molecule has 1 aliphatic carbocycles. The van der Waals surface area contributed by atoms with Crippen molar-refractivity contribution in [3.05, 3.63) is 27.7 Å². The summed E-state index contributed by atoms with van der Waals surface area (Å²) >= 11 is 9.31. The lowest BCUT2D eigenvalue weighted by molar-refractivity contribution is -0.128. The smallest absolute Gasteiger partial charge is 0.260 e. The van der Waals surface area contributed by atoms with Gasteiger partial charge in [-0.25, -0.2) is 0 Å². The summed E-state index contributed by atoms with van der Waals surface area (Å²) < 4.78 is 6.29. The van der Waals surface area contributed by atoms with Gasteiger partial charge in [-0.05, 0) is 54.2 Å². The van der Waals surface area contributed by atoms with Crippen molar-refractivity contribution in [2.45, 2.75) is 38.3 Å². The normalized spacial score (nSPS) is 16.8. The summed E-state index contributed by atoms with van der Waals surface area (Å²) in [5, 5.41) is 3.53. The van der Waals surface area contributed by atoms with Crippen molar-refractivity contribution < 1.29 is 9.53 Å². The number of carbonyl (C=O) groups excluding carboxylic acids is 1. The summed E-state index contributed by atoms with van der Waals surface area (Å²) in [6.45, 7) is 1.74. The number of ether oxygens (including phenoxy) is 1. The van der Waals surface area contributed by atoms with E-state index >= 15 is 0 Å². The van der Waals surface area contributed by atoms with Gasteiger partial charge in [-0.2, -0.15) is 0 Å². The maximum atomic E-state index is 11.9. The van der Waals surface area contributed by atoms with Gasteiger partial charge >= 0.3 is 0 Å². The van der Waals surface area contributed by atoms with Crippen LogP contribution in [0.15, 0.2) is 22.7 Å². The second-order valence-corrected chi connectivity index (χ2v) is 5.65. The number of carbonyl (C=O) groups is 1. The van der Waals surface area contributed by atoms with Crippen LogP contribution < -0.4 is 10.1 Å². The highest BCUT2D eigenvalue weighted by molar-refractivity contribution is 9.10. The summed E-state index contributed by atoms with van der Waals surface area (Å²) in [7, 11) is 0. The summed E-state index contributed by atoms with van der Waals surface area (Å²) in [6, 6.07) is 5.66. The van der Waals surface area contributed by atoms with E-state index in [0.29, 0.717) is 21.3 Å². The lowest BCUT2D eigenvalue weighted by Crippen LogP contribution is -2.45. The van der Waals surface area contributed by atoms with E-state index in [1.165, 1.54) is 6.42 Å². The third-order valence-electron chi connectivity index (χ3n) is 3.04. The molecular formula is C13H15BrClNO2. The topological polar surface area (TPSA) is 38.3 Å². The molecule has 1 N–H and O–H groups in total. The van der Waals surface area contributed by atoms with Crippen molar-refractivity contribution in [2.24, 2.45) is 0 Å². The van der Waals surface area contributed by atoms with E-state index in [1.807, 2.05) is 0 Å². The third kappa shape index (κ3) is 3.18. The molecule has 0 radical (unpaired) electrons. The molecule has 1 saturated carbocycles. The Bertz CT molecular complexity index is 449. The maximum Gasteiger partial charge on any atom is 0.260 e. The van der Waals surface area contributed by atoms with Gasteiger partial charge in [0.25, 0.3) is 5.91 Å². The second kappa shape index (κ2) is 5.93. The van der Waals surface area contributed by atoms with Gasteiger partial charge in [0.2, 0.25) is 0 Å². The van der Waals surface area contributed by atoms with Crippen molar-refractivity contribution in [1.82, 2.24) is 5.32 Å². The first-order valence-corrected chi connectivity index (χ1v) is 7.16. The maximum absolute atomic E-state index is 11.9. The van der Waals surface area contributed by atoms with Crippen molar-refractivity contribution in [2.75, 3.05) is 0 Å². The molecule has 0 aromatic heterocycles. The van der Waals surface area contributed by atoms with E-state index in [0.717, 1.165) is 12.8 Å². The van der Waals surface area contributed by atoms with Crippen LogP contribution in [0.5, 0.6) is 5.75 Å². The van der Waals surface area contributed by atoms with Crippen LogP contribution in [0.25, 0.3) is 0 Å². The molecule has 2 rings (SSSR count). The number of benzene rings is 1. The summed E-state index contributed by atoms with van der Waals surface area (Å²) in [6.07, 6.45) is 2.80. The Morgan fingerprint density at radius 3 is 2.89 bits per heavy atom. The van der Waals surface area contributed by atoms with Gasteiger partial charge in [0.15, 0.2) is 6.10 Å². The van der Waals surface area contributed by atoms with Crippen molar-refractivity contribution in [3.63, 3.8) is 0 Å². The van der Waals surface area contributed by atoms with Crippen LogP contribution in [-0.4, -0.2) is 18.1 Å². The minimum atomic E-state index is -0.527. The van der Waals surface area contributed by atoms with Crippen LogP contribution in [0, 0.1) is 0 Å². The molecule has 1 atom stereocenters. The summed E-state index contributed by atoms with van der Waals surface area (Å²) in [4.78, 5) is 11.9. The summed E-state index contributed by atoms with van der Waals surface area (Å²) in [5.74, 6) is 0.505. The Morgan fingerprint density at radius 2 is 2.28 bits per heavy atom. The first kappa shape index (κ1) is 13.7. The zero-order valence-electron chi connectivity index (χ0n) is 10.1. The summed E-state index contributed by atoms with van der Waals surface area (Å²) in [5.41, 5.74) is 0. The third-order valence-corrected chi connectivity index (χ3v) is 4.40. The second-order valence-electron chi connectivity index (χ2n) is 4.45. The minimum Gasteiger partial charge on any atom is -0.480 e. The number of halogens is 2. The molecule has 0 heterocycles. The van der Waals surface area contributed by atoms with Crippen LogP contribution >= 0.6 is 27.5 Å². The standard InChI is InChI=1S/C13H15BrClNO2/c1-8(13(17)16-9-4-2-5-9)18-11-7-3-6-10(15)12(11)14/h3,6-9H,2,4-5H2,1H3,(H,16,17). The van der Waals surface area contributed by atoms with E-state index in [4.69, 9.17) is 16.3 Å². The highest BCUT2D eigenvalue weighted by Gasteiger charge is 2.23. The van der Waals surface area contributed by atoms with Crippen LogP contribution in [0.4, 0.5) is 0 Å². The average molecular weight is 333 g/mol. The van der Waals surface area contributed by atoms with Gasteiger partial charge in [0, 0.05) is 6.04 Å². The van der Waals surface area contributed by atoms with Crippen LogP contribution in [-0.2, 0) is 4.79 Å². The van der Waals surface area contributed by atoms with Crippen molar-refractivity contribution >= 4 is 33.4 Å². The van der Waals surface area contributed by atoms with Gasteiger partial charge in [0.1, 0.15) is 5.75 Å². The molecule has 0 bridgehead atoms. The van der Waals surface area contributed by atoms with Gasteiger partial charge in [0.05, 0.1) is 9.50 Å². The lowest BCUT2D eigenvalue weighted by Gasteiger charge is -2.28. The minimum absolute atomic E-state index is 0.0772. The molecule has 3 nitrogen and oxygen atoms in total. The molecule has 1 amide bonds. The molecule has 5 heteroatoms. The number of rotatable bonds is 4. The Labute approximate surface area is 120 Å². The zero-order valence-corrected chi connectivity index (χ0v) is 12.4. The van der Waals surface area contributed by atoms with Crippen molar-refractivity contribution in [1.29, 1.82) is 0 Å². The average Bonchev–Trinajstić information content (AvgIpc) is 2.29. The van der Waals surface area contributed by atoms with Crippen LogP contribution in [0.2, 0.25) is 5.02 Å². The van der Waals surface area contributed by atoms with E-state index in [2.05, 4.69) is 21.2 Å². The predicted molar refractivity (Wildman–Crippen MR) is 75.0 cm³/mol. The highest BCUT2D eigenvalue weighted by Crippen LogP contribution is 2.32. The molecule has 18 heavy (non-hydrogen) atoms. The Hall–Kier alpha value is -0.740. The molecule has 0 spiro atoms. The first-order valence-electron chi connectivity index (χ1n) is 5.99. The largest absolute Gasteiger partial charge is 0.480 e. The molecule has 1 fully saturated rings. The molecule has 0 saturated heterocycles. The highest BCUT2D eigenvalue weighted by atomic mass is 79.9. The molecular weight excluding hydrogens is 318 g/mol.